The summed E-state index contributed by atoms with van der Waals surface area (Å²) in [5, 5.41) is 69.1. The molecule has 0 aliphatic rings. The molecule has 0 saturated heterocycles. The number of nitrogens with zero attached hydrogens (tertiary/aromatic N) is 2. The van der Waals surface area contributed by atoms with Crippen LogP contribution in [-0.2, 0) is 28.8 Å². The van der Waals surface area contributed by atoms with Crippen LogP contribution in [0.3, 0.4) is 0 Å². The summed E-state index contributed by atoms with van der Waals surface area (Å²) < 4.78 is 11.9. The fraction of sp³-hybridized carbons (Fsp3) is 0.281. The number of aliphatic carboxylic acids is 6. The number of hydrogen-bond donors (Lipinski definition) is 8. The van der Waals surface area contributed by atoms with Crippen LogP contribution >= 0.6 is 23.2 Å². The first-order chi connectivity index (χ1) is 40.0. The van der Waals surface area contributed by atoms with E-state index in [2.05, 4.69) is 86.0 Å². The third-order valence-electron chi connectivity index (χ3n) is 12.6. The minimum Gasteiger partial charge on any atom is -0.492 e. The zero-order valence-corrected chi connectivity index (χ0v) is 48.7. The van der Waals surface area contributed by atoms with Crippen LogP contribution in [0.4, 0.5) is 0 Å². The zero-order valence-electron chi connectivity index (χ0n) is 47.1. The number of hydrogen-bond acceptors (Lipinski definition) is 12. The number of ether oxygens (including phenoxy) is 2. The molecule has 0 radical (unpaired) electrons. The van der Waals surface area contributed by atoms with Gasteiger partial charge in [-0.3, -0.25) is 19.2 Å². The fourth-order valence-electron chi connectivity index (χ4n) is 8.04. The van der Waals surface area contributed by atoms with Gasteiger partial charge in [-0.15, -0.1) is 0 Å². The van der Waals surface area contributed by atoms with Gasteiger partial charge < -0.3 is 60.1 Å². The number of carboxylic acids is 6. The Bertz CT molecular complexity index is 2820. The molecule has 0 heterocycles. The van der Waals surface area contributed by atoms with Gasteiger partial charge in [-0.25, -0.2) is 9.59 Å². The van der Waals surface area contributed by atoms with Crippen LogP contribution in [0.5, 0.6) is 11.5 Å². The number of aliphatic hydroxyl groups is 2. The fourth-order valence-corrected chi connectivity index (χ4v) is 8.72. The van der Waals surface area contributed by atoms with Crippen molar-refractivity contribution >= 4 is 80.2 Å². The number of carbonyl (C=O) groups is 6. The molecule has 0 aliphatic heterocycles. The van der Waals surface area contributed by atoms with Gasteiger partial charge in [0, 0.05) is 24.2 Å². The maximum atomic E-state index is 10.3. The number of benzene rings is 6. The van der Waals surface area contributed by atoms with Gasteiger partial charge >= 0.3 is 35.8 Å². The minimum absolute atomic E-state index is 0.688. The normalized spacial score (nSPS) is 11.6. The van der Waals surface area contributed by atoms with Crippen molar-refractivity contribution in [2.75, 3.05) is 52.5 Å². The van der Waals surface area contributed by atoms with Crippen molar-refractivity contribution < 1.29 is 79.1 Å². The van der Waals surface area contributed by atoms with Gasteiger partial charge in [-0.05, 0) is 83.8 Å². The first-order valence-electron chi connectivity index (χ1n) is 26.7. The van der Waals surface area contributed by atoms with Gasteiger partial charge in [0.2, 0.25) is 0 Å². The highest BCUT2D eigenvalue weighted by Gasteiger charge is 2.41. The SMILES string of the molecule is CCN(CC)CCOc1ccc(C(=C(Cl)c2ccccc2)c2ccccc2)cc1.CCN(CC)CCOc1ccc(C(=C(Cl)c2ccccc2)c2ccccc2)cc1.O=C(O)CC(O)(CC(=O)O)C(=O)O.O=C(O)CC(O)(CC(=O)O)C(=O)O. The second-order valence-corrected chi connectivity index (χ2v) is 19.4. The third kappa shape index (κ3) is 23.9. The lowest BCUT2D eigenvalue weighted by molar-refractivity contribution is -0.170. The van der Waals surface area contributed by atoms with Crippen LogP contribution in [0.2, 0.25) is 0 Å². The van der Waals surface area contributed by atoms with Gasteiger partial charge in [-0.2, -0.15) is 0 Å². The Morgan fingerprint density at radius 2 is 0.595 bits per heavy atom. The average Bonchev–Trinajstić information content (AvgIpc) is 3.68. The van der Waals surface area contributed by atoms with E-state index in [4.69, 9.17) is 73.5 Å². The second-order valence-electron chi connectivity index (χ2n) is 18.6. The van der Waals surface area contributed by atoms with E-state index < -0.39 is 72.7 Å². The number of carboxylic acid groups (broad SMARTS) is 6. The molecule has 6 aromatic carbocycles. The highest BCUT2D eigenvalue weighted by molar-refractivity contribution is 6.53. The quantitative estimate of drug-likeness (QED) is 0.0212. The second kappa shape index (κ2) is 36.3. The molecule has 0 fully saturated rings. The largest absolute Gasteiger partial charge is 0.492 e. The zero-order chi connectivity index (χ0) is 62.2. The van der Waals surface area contributed by atoms with Crippen LogP contribution in [-0.4, -0.2) is 150 Å². The topological polar surface area (TPSA) is 289 Å². The lowest BCUT2D eigenvalue weighted by Crippen LogP contribution is -2.42. The summed E-state index contributed by atoms with van der Waals surface area (Å²) in [6.07, 6.45) is -4.58. The summed E-state index contributed by atoms with van der Waals surface area (Å²) in [5.74, 6) is -8.28. The molecule has 6 aromatic rings. The molecule has 0 saturated carbocycles. The van der Waals surface area contributed by atoms with E-state index in [9.17, 15) is 28.8 Å². The molecule has 0 spiro atoms. The molecule has 84 heavy (non-hydrogen) atoms. The van der Waals surface area contributed by atoms with E-state index in [1.165, 1.54) is 0 Å². The molecule has 448 valence electrons. The Hall–Kier alpha value is -8.36. The van der Waals surface area contributed by atoms with Gasteiger partial charge in [0.25, 0.3) is 0 Å². The first kappa shape index (κ1) is 69.9. The molecule has 0 atom stereocenters. The molecule has 0 unspecified atom stereocenters. The van der Waals surface area contributed by atoms with Crippen molar-refractivity contribution in [1.82, 2.24) is 9.80 Å². The van der Waals surface area contributed by atoms with E-state index in [1.807, 2.05) is 121 Å². The highest BCUT2D eigenvalue weighted by atomic mass is 35.5. The van der Waals surface area contributed by atoms with Gasteiger partial charge in [0.1, 0.15) is 24.7 Å². The van der Waals surface area contributed by atoms with Crippen LogP contribution in [0.15, 0.2) is 170 Å². The van der Waals surface area contributed by atoms with E-state index in [0.29, 0.717) is 13.2 Å². The summed E-state index contributed by atoms with van der Waals surface area (Å²) in [5.41, 5.74) is 2.91. The summed E-state index contributed by atoms with van der Waals surface area (Å²) >= 11 is 13.7. The van der Waals surface area contributed by atoms with E-state index in [0.717, 1.165) is 105 Å². The van der Waals surface area contributed by atoms with Crippen molar-refractivity contribution in [3.63, 3.8) is 0 Å². The maximum absolute atomic E-state index is 10.3. The summed E-state index contributed by atoms with van der Waals surface area (Å²) in [7, 11) is 0. The molecule has 0 bridgehead atoms. The molecular formula is C64H72Cl2N2O16. The van der Waals surface area contributed by atoms with E-state index in [1.54, 1.807) is 0 Å². The van der Waals surface area contributed by atoms with E-state index >= 15 is 0 Å². The minimum atomic E-state index is -2.74. The van der Waals surface area contributed by atoms with Gasteiger partial charge in [-0.1, -0.05) is 196 Å². The summed E-state index contributed by atoms with van der Waals surface area (Å²) in [6.45, 7) is 16.1. The van der Waals surface area contributed by atoms with Gasteiger partial charge in [0.15, 0.2) is 11.2 Å². The maximum Gasteiger partial charge on any atom is 0.336 e. The van der Waals surface area contributed by atoms with Crippen LogP contribution in [0.25, 0.3) is 21.2 Å². The summed E-state index contributed by atoms with van der Waals surface area (Å²) in [6, 6.07) is 57.2. The summed E-state index contributed by atoms with van der Waals surface area (Å²) in [4.78, 5) is 65.7. The Morgan fingerprint density at radius 1 is 0.369 bits per heavy atom. The molecular weight excluding hydrogens is 1120 g/mol. The van der Waals surface area contributed by atoms with Crippen molar-refractivity contribution in [3.05, 3.63) is 203 Å². The number of halogens is 2. The lowest BCUT2D eigenvalue weighted by Gasteiger charge is -2.18. The lowest BCUT2D eigenvalue weighted by atomic mass is 9.95. The van der Waals surface area contributed by atoms with Crippen LogP contribution in [0, 0.1) is 0 Å². The van der Waals surface area contributed by atoms with E-state index in [-0.39, 0.29) is 0 Å². The molecule has 20 heteroatoms. The Labute approximate surface area is 498 Å². The first-order valence-corrected chi connectivity index (χ1v) is 27.5. The van der Waals surface area contributed by atoms with Crippen molar-refractivity contribution in [2.24, 2.45) is 0 Å². The Morgan fingerprint density at radius 3 is 0.810 bits per heavy atom. The molecule has 18 nitrogen and oxygen atoms in total. The van der Waals surface area contributed by atoms with Crippen molar-refractivity contribution in [1.29, 1.82) is 0 Å². The molecule has 6 rings (SSSR count). The Balaban J connectivity index is 0.000000315. The average molecular weight is 1200 g/mol. The highest BCUT2D eigenvalue weighted by Crippen LogP contribution is 2.37. The van der Waals surface area contributed by atoms with Crippen molar-refractivity contribution in [2.45, 2.75) is 64.6 Å². The molecule has 8 N–H and O–H groups in total. The smallest absolute Gasteiger partial charge is 0.336 e. The standard InChI is InChI=1S/2C26H28ClNO.2C6H8O7/c2*1-3-28(4-2)19-20-29-24-17-15-22(16-18-24)25(21-11-7-5-8-12-21)26(27)23-13-9-6-10-14-23;2*7-3(8)1-6(13,5(11)12)2-4(9)10/h2*5-18H,3-4,19-20H2,1-2H3;2*13H,1-2H2,(H,7,8)(H,9,10)(H,11,12). The van der Waals surface area contributed by atoms with Gasteiger partial charge in [0.05, 0.1) is 35.7 Å². The predicted molar refractivity (Wildman–Crippen MR) is 323 cm³/mol. The molecule has 0 aliphatic carbocycles. The third-order valence-corrected chi connectivity index (χ3v) is 13.4. The van der Waals surface area contributed by atoms with Crippen LogP contribution < -0.4 is 9.47 Å². The number of likely N-dealkylation sites (N-methyl/N-ethyl adjacent to an activating group) is 2. The molecule has 0 amide bonds. The number of rotatable bonds is 28. The molecule has 0 aromatic heterocycles. The monoisotopic (exact) mass is 1190 g/mol. The van der Waals surface area contributed by atoms with Crippen molar-refractivity contribution in [3.8, 4) is 11.5 Å². The van der Waals surface area contributed by atoms with Crippen LogP contribution in [0.1, 0.15) is 86.8 Å². The predicted octanol–water partition coefficient (Wildman–Crippen LogP) is 10.6. The Kier molecular flexibility index (Phi) is 30.2.